The number of fused-ring (bicyclic) bond motifs is 2. The normalized spacial score (nSPS) is 52.9. The van der Waals surface area contributed by atoms with Crippen molar-refractivity contribution >= 4 is 0 Å². The lowest BCUT2D eigenvalue weighted by Crippen LogP contribution is -2.20. The van der Waals surface area contributed by atoms with E-state index >= 15 is 0 Å². The van der Waals surface area contributed by atoms with E-state index in [4.69, 9.17) is 4.74 Å². The van der Waals surface area contributed by atoms with Crippen molar-refractivity contribution in [2.24, 2.45) is 5.92 Å². The van der Waals surface area contributed by atoms with E-state index in [9.17, 15) is 0 Å². The number of ether oxygens (including phenoxy) is 1. The van der Waals surface area contributed by atoms with Crippen molar-refractivity contribution in [2.45, 2.75) is 31.8 Å². The van der Waals surface area contributed by atoms with Gasteiger partial charge in [0.1, 0.15) is 0 Å². The van der Waals surface area contributed by atoms with Gasteiger partial charge in [-0.15, -0.1) is 0 Å². The molecular formula is C7H12O. The van der Waals surface area contributed by atoms with Crippen molar-refractivity contribution in [3.63, 3.8) is 0 Å². The number of hydrogen-bond acceptors (Lipinski definition) is 1. The van der Waals surface area contributed by atoms with Gasteiger partial charge in [0.05, 0.1) is 12.2 Å². The highest BCUT2D eigenvalue weighted by atomic mass is 16.5. The Labute approximate surface area is 50.0 Å². The van der Waals surface area contributed by atoms with Crippen molar-refractivity contribution in [1.29, 1.82) is 0 Å². The van der Waals surface area contributed by atoms with E-state index in [0.717, 1.165) is 12.5 Å². The van der Waals surface area contributed by atoms with E-state index < -0.39 is 0 Å². The fourth-order valence-corrected chi connectivity index (χ4v) is 1.92. The maximum Gasteiger partial charge on any atom is 0.0658 e. The monoisotopic (exact) mass is 112 g/mol. The number of rotatable bonds is 0. The predicted molar refractivity (Wildman–Crippen MR) is 31.7 cm³/mol. The Kier molecular flexibility index (Phi) is 0.762. The fraction of sp³-hybridized carbons (Fsp3) is 1.00. The van der Waals surface area contributed by atoms with Crippen LogP contribution >= 0.6 is 0 Å². The Morgan fingerprint density at radius 2 is 2.50 bits per heavy atom. The van der Waals surface area contributed by atoms with Crippen LogP contribution in [0.1, 0.15) is 26.2 Å². The first-order chi connectivity index (χ1) is 3.79. The van der Waals surface area contributed by atoms with Crippen LogP contribution in [0.25, 0.3) is 0 Å². The van der Waals surface area contributed by atoms with Crippen LogP contribution in [-0.4, -0.2) is 12.2 Å². The Hall–Kier alpha value is -0.0400. The molecule has 0 N–H and O–H groups in total. The fourth-order valence-electron chi connectivity index (χ4n) is 1.92. The van der Waals surface area contributed by atoms with Gasteiger partial charge in [0.15, 0.2) is 0 Å². The minimum Gasteiger partial charge on any atom is -0.375 e. The van der Waals surface area contributed by atoms with Crippen LogP contribution in [0.4, 0.5) is 0 Å². The second-order valence-electron chi connectivity index (χ2n) is 3.37. The summed E-state index contributed by atoms with van der Waals surface area (Å²) in [5.74, 6) is 0.917. The molecule has 8 heavy (non-hydrogen) atoms. The van der Waals surface area contributed by atoms with Gasteiger partial charge in [-0.05, 0) is 32.1 Å². The van der Waals surface area contributed by atoms with Gasteiger partial charge in [0, 0.05) is 0 Å². The zero-order valence-electron chi connectivity index (χ0n) is 5.31. The van der Waals surface area contributed by atoms with Crippen LogP contribution in [0.2, 0.25) is 0 Å². The molecule has 1 aliphatic heterocycles. The third kappa shape index (κ3) is 0.510. The molecule has 2 atom stereocenters. The highest BCUT2D eigenvalue weighted by molar-refractivity contribution is 4.92. The molecule has 2 fully saturated rings. The van der Waals surface area contributed by atoms with Gasteiger partial charge in [-0.25, -0.2) is 0 Å². The summed E-state index contributed by atoms with van der Waals surface area (Å²) in [6.45, 7) is 3.27. The first kappa shape index (κ1) is 4.80. The third-order valence-electron chi connectivity index (χ3n) is 2.47. The molecule has 2 rings (SSSR count). The van der Waals surface area contributed by atoms with Crippen molar-refractivity contribution in [2.75, 3.05) is 6.61 Å². The van der Waals surface area contributed by atoms with Gasteiger partial charge in [-0.2, -0.15) is 0 Å². The molecule has 1 saturated heterocycles. The zero-order valence-corrected chi connectivity index (χ0v) is 5.31. The zero-order chi connectivity index (χ0) is 5.61. The van der Waals surface area contributed by atoms with Gasteiger partial charge in [0.2, 0.25) is 0 Å². The molecule has 1 nitrogen and oxygen atoms in total. The molecule has 2 bridgehead atoms. The van der Waals surface area contributed by atoms with Gasteiger partial charge in [0.25, 0.3) is 0 Å². The summed E-state index contributed by atoms with van der Waals surface area (Å²) in [5.41, 5.74) is 0.310. The summed E-state index contributed by atoms with van der Waals surface area (Å²) in [7, 11) is 0. The van der Waals surface area contributed by atoms with Crippen LogP contribution in [0, 0.1) is 5.92 Å². The average molecular weight is 112 g/mol. The molecule has 46 valence electrons. The second kappa shape index (κ2) is 1.27. The molecule has 0 spiro atoms. The Morgan fingerprint density at radius 3 is 2.62 bits per heavy atom. The van der Waals surface area contributed by atoms with E-state index in [-0.39, 0.29) is 0 Å². The topological polar surface area (TPSA) is 9.23 Å². The predicted octanol–water partition coefficient (Wildman–Crippen LogP) is 1.58. The maximum absolute atomic E-state index is 5.54. The van der Waals surface area contributed by atoms with Crippen molar-refractivity contribution < 1.29 is 4.74 Å². The van der Waals surface area contributed by atoms with E-state index in [2.05, 4.69) is 6.92 Å². The molecule has 1 aliphatic carbocycles. The van der Waals surface area contributed by atoms with E-state index in [0.29, 0.717) is 5.60 Å². The highest BCUT2D eigenvalue weighted by Crippen LogP contribution is 2.43. The second-order valence-corrected chi connectivity index (χ2v) is 3.37. The summed E-state index contributed by atoms with van der Waals surface area (Å²) in [5, 5.41) is 0. The van der Waals surface area contributed by atoms with Crippen LogP contribution < -0.4 is 0 Å². The van der Waals surface area contributed by atoms with Gasteiger partial charge >= 0.3 is 0 Å². The molecule has 0 aromatic heterocycles. The Bertz CT molecular complexity index is 101. The summed E-state index contributed by atoms with van der Waals surface area (Å²) in [6, 6.07) is 0. The minimum atomic E-state index is 0.310. The lowest BCUT2D eigenvalue weighted by Gasteiger charge is -2.20. The molecule has 0 aromatic carbocycles. The Morgan fingerprint density at radius 1 is 1.62 bits per heavy atom. The van der Waals surface area contributed by atoms with Crippen LogP contribution in [0.15, 0.2) is 0 Å². The lowest BCUT2D eigenvalue weighted by molar-refractivity contribution is -0.00208. The van der Waals surface area contributed by atoms with Crippen molar-refractivity contribution in [3.05, 3.63) is 0 Å². The average Bonchev–Trinajstić information content (AvgIpc) is 2.21. The molecule has 1 heteroatoms. The summed E-state index contributed by atoms with van der Waals surface area (Å²) in [4.78, 5) is 0. The maximum atomic E-state index is 5.54. The first-order valence-electron chi connectivity index (χ1n) is 3.42. The first-order valence-corrected chi connectivity index (χ1v) is 3.42. The van der Waals surface area contributed by atoms with Gasteiger partial charge in [-0.1, -0.05) is 0 Å². The molecule has 1 saturated carbocycles. The lowest BCUT2D eigenvalue weighted by atomic mass is 10.1. The summed E-state index contributed by atoms with van der Waals surface area (Å²) >= 11 is 0. The van der Waals surface area contributed by atoms with Crippen molar-refractivity contribution in [3.8, 4) is 0 Å². The SMILES string of the molecule is CC12CCC(CO1)C2. The van der Waals surface area contributed by atoms with E-state index in [1.807, 2.05) is 0 Å². The summed E-state index contributed by atoms with van der Waals surface area (Å²) < 4.78 is 5.54. The minimum absolute atomic E-state index is 0.310. The molecule has 0 amide bonds. The quantitative estimate of drug-likeness (QED) is 0.462. The van der Waals surface area contributed by atoms with Crippen LogP contribution in [-0.2, 0) is 4.74 Å². The molecule has 2 aliphatic rings. The highest BCUT2D eigenvalue weighted by Gasteiger charge is 2.42. The van der Waals surface area contributed by atoms with E-state index in [1.165, 1.54) is 19.3 Å². The Balaban J connectivity index is 2.19. The van der Waals surface area contributed by atoms with Gasteiger partial charge < -0.3 is 4.74 Å². The smallest absolute Gasteiger partial charge is 0.0658 e. The third-order valence-corrected chi connectivity index (χ3v) is 2.47. The van der Waals surface area contributed by atoms with E-state index in [1.54, 1.807) is 0 Å². The molecule has 0 radical (unpaired) electrons. The molecule has 0 aromatic rings. The summed E-state index contributed by atoms with van der Waals surface area (Å²) in [6.07, 6.45) is 4.04. The van der Waals surface area contributed by atoms with Crippen LogP contribution in [0.5, 0.6) is 0 Å². The standard InChI is InChI=1S/C7H12O/c1-7-3-2-6(4-7)5-8-7/h6H,2-5H2,1H3. The van der Waals surface area contributed by atoms with Crippen LogP contribution in [0.3, 0.4) is 0 Å². The molecular weight excluding hydrogens is 100 g/mol. The molecule has 2 unspecified atom stereocenters. The molecule has 1 heterocycles. The van der Waals surface area contributed by atoms with Crippen molar-refractivity contribution in [1.82, 2.24) is 0 Å². The number of hydrogen-bond donors (Lipinski definition) is 0. The van der Waals surface area contributed by atoms with Gasteiger partial charge in [-0.3, -0.25) is 0 Å². The largest absolute Gasteiger partial charge is 0.375 e.